The van der Waals surface area contributed by atoms with E-state index in [1.807, 2.05) is 6.07 Å². The lowest BCUT2D eigenvalue weighted by Gasteiger charge is -2.25. The second-order valence-electron chi connectivity index (χ2n) is 8.15. The van der Waals surface area contributed by atoms with E-state index in [0.29, 0.717) is 12.0 Å². The molecule has 0 spiro atoms. The Hall–Kier alpha value is -2.70. The standard InChI is InChI=1S/C24H35N3O4/c1-2-3-4-5-6-7-8-12-15-20(28)26-22(18-13-10-9-11-14-18)24(31)25-19-16-17-21(29)27-23(19)30/h9-11,13-14,19,22H,2-8,12,15-17H2,1H3,(H,25,31)(H,26,28)(H,27,29,30)/t19?,22-/m0/s1. The smallest absolute Gasteiger partial charge is 0.249 e. The Bertz CT molecular complexity index is 736. The van der Waals surface area contributed by atoms with E-state index in [1.54, 1.807) is 24.3 Å². The van der Waals surface area contributed by atoms with E-state index >= 15 is 0 Å². The Kier molecular flexibility index (Phi) is 10.8. The highest BCUT2D eigenvalue weighted by atomic mass is 16.2. The molecule has 0 bridgehead atoms. The van der Waals surface area contributed by atoms with Crippen molar-refractivity contribution in [1.82, 2.24) is 16.0 Å². The second kappa shape index (κ2) is 13.6. The van der Waals surface area contributed by atoms with Crippen molar-refractivity contribution >= 4 is 23.6 Å². The predicted molar refractivity (Wildman–Crippen MR) is 119 cm³/mol. The van der Waals surface area contributed by atoms with Crippen molar-refractivity contribution in [3.8, 4) is 0 Å². The van der Waals surface area contributed by atoms with Gasteiger partial charge in [-0.05, 0) is 18.4 Å². The predicted octanol–water partition coefficient (Wildman–Crippen LogP) is 3.30. The maximum Gasteiger partial charge on any atom is 0.249 e. The van der Waals surface area contributed by atoms with Crippen molar-refractivity contribution in [3.63, 3.8) is 0 Å². The van der Waals surface area contributed by atoms with Gasteiger partial charge in [0.2, 0.25) is 23.6 Å². The Morgan fingerprint density at radius 2 is 1.65 bits per heavy atom. The molecule has 1 aliphatic heterocycles. The molecule has 0 saturated carbocycles. The van der Waals surface area contributed by atoms with E-state index < -0.39 is 23.9 Å². The molecule has 1 aromatic carbocycles. The minimum Gasteiger partial charge on any atom is -0.342 e. The molecule has 4 amide bonds. The van der Waals surface area contributed by atoms with Crippen molar-refractivity contribution < 1.29 is 19.2 Å². The molecule has 1 aromatic rings. The van der Waals surface area contributed by atoms with Crippen LogP contribution < -0.4 is 16.0 Å². The zero-order chi connectivity index (χ0) is 22.5. The first-order chi connectivity index (χ1) is 15.0. The Labute approximate surface area is 184 Å². The number of carbonyl (C=O) groups is 4. The van der Waals surface area contributed by atoms with Gasteiger partial charge < -0.3 is 10.6 Å². The van der Waals surface area contributed by atoms with Crippen molar-refractivity contribution in [1.29, 1.82) is 0 Å². The zero-order valence-corrected chi connectivity index (χ0v) is 18.5. The minimum atomic E-state index is -0.881. The average molecular weight is 430 g/mol. The summed E-state index contributed by atoms with van der Waals surface area (Å²) >= 11 is 0. The molecule has 2 atom stereocenters. The first-order valence-corrected chi connectivity index (χ1v) is 11.5. The molecule has 7 nitrogen and oxygen atoms in total. The first kappa shape index (κ1) is 24.6. The third-order valence-corrected chi connectivity index (χ3v) is 5.51. The van der Waals surface area contributed by atoms with Gasteiger partial charge in [-0.1, -0.05) is 82.2 Å². The second-order valence-corrected chi connectivity index (χ2v) is 8.15. The fourth-order valence-corrected chi connectivity index (χ4v) is 3.68. The van der Waals surface area contributed by atoms with E-state index in [4.69, 9.17) is 0 Å². The van der Waals surface area contributed by atoms with Crippen molar-refractivity contribution in [2.75, 3.05) is 0 Å². The Morgan fingerprint density at radius 3 is 2.29 bits per heavy atom. The van der Waals surface area contributed by atoms with E-state index in [9.17, 15) is 19.2 Å². The van der Waals surface area contributed by atoms with Gasteiger partial charge in [0.05, 0.1) is 0 Å². The SMILES string of the molecule is CCCCCCCCCCC(=O)N[C@H](C(=O)NC1CCC(=O)NC1=O)c1ccccc1. The summed E-state index contributed by atoms with van der Waals surface area (Å²) in [5.41, 5.74) is 0.650. The van der Waals surface area contributed by atoms with Crippen LogP contribution in [0.3, 0.4) is 0 Å². The lowest BCUT2D eigenvalue weighted by atomic mass is 10.0. The first-order valence-electron chi connectivity index (χ1n) is 11.5. The van der Waals surface area contributed by atoms with Gasteiger partial charge in [-0.15, -0.1) is 0 Å². The number of piperidine rings is 1. The van der Waals surface area contributed by atoms with Gasteiger partial charge in [0, 0.05) is 12.8 Å². The minimum absolute atomic E-state index is 0.178. The molecule has 1 heterocycles. The van der Waals surface area contributed by atoms with Gasteiger partial charge in [0.25, 0.3) is 0 Å². The van der Waals surface area contributed by atoms with Crippen LogP contribution in [-0.2, 0) is 19.2 Å². The summed E-state index contributed by atoms with van der Waals surface area (Å²) in [5.74, 6) is -1.49. The maximum absolute atomic E-state index is 12.9. The number of imide groups is 1. The molecule has 0 aromatic heterocycles. The Morgan fingerprint density at radius 1 is 1.00 bits per heavy atom. The summed E-state index contributed by atoms with van der Waals surface area (Å²) in [6, 6.07) is 7.31. The molecular weight excluding hydrogens is 394 g/mol. The van der Waals surface area contributed by atoms with E-state index in [0.717, 1.165) is 19.3 Å². The van der Waals surface area contributed by atoms with Crippen molar-refractivity contribution in [2.24, 2.45) is 0 Å². The number of amides is 4. The van der Waals surface area contributed by atoms with Crippen LogP contribution in [0.25, 0.3) is 0 Å². The number of hydrogen-bond acceptors (Lipinski definition) is 4. The summed E-state index contributed by atoms with van der Waals surface area (Å²) < 4.78 is 0. The van der Waals surface area contributed by atoms with Crippen LogP contribution in [0.5, 0.6) is 0 Å². The van der Waals surface area contributed by atoms with Crippen LogP contribution in [-0.4, -0.2) is 29.7 Å². The molecule has 170 valence electrons. The largest absolute Gasteiger partial charge is 0.342 e. The van der Waals surface area contributed by atoms with Crippen LogP contribution >= 0.6 is 0 Å². The summed E-state index contributed by atoms with van der Waals surface area (Å²) in [6.45, 7) is 2.20. The van der Waals surface area contributed by atoms with E-state index in [-0.39, 0.29) is 24.7 Å². The van der Waals surface area contributed by atoms with Gasteiger partial charge in [-0.3, -0.25) is 24.5 Å². The topological polar surface area (TPSA) is 104 Å². The molecule has 0 aliphatic carbocycles. The van der Waals surface area contributed by atoms with E-state index in [2.05, 4.69) is 22.9 Å². The van der Waals surface area contributed by atoms with Crippen LogP contribution in [0, 0.1) is 0 Å². The lowest BCUT2D eigenvalue weighted by molar-refractivity contribution is -0.138. The normalized spacial score (nSPS) is 17.0. The lowest BCUT2D eigenvalue weighted by Crippen LogP contribution is -2.54. The van der Waals surface area contributed by atoms with Crippen molar-refractivity contribution in [3.05, 3.63) is 35.9 Å². The number of benzene rings is 1. The number of rotatable bonds is 13. The summed E-state index contributed by atoms with van der Waals surface area (Å²) in [6.07, 6.45) is 9.94. The fourth-order valence-electron chi connectivity index (χ4n) is 3.68. The molecule has 7 heteroatoms. The number of nitrogens with one attached hydrogen (secondary N) is 3. The van der Waals surface area contributed by atoms with Crippen LogP contribution in [0.4, 0.5) is 0 Å². The molecule has 1 fully saturated rings. The van der Waals surface area contributed by atoms with Crippen LogP contribution in [0.15, 0.2) is 30.3 Å². The fraction of sp³-hybridized carbons (Fsp3) is 0.583. The molecule has 2 rings (SSSR count). The number of hydrogen-bond donors (Lipinski definition) is 3. The summed E-state index contributed by atoms with van der Waals surface area (Å²) in [7, 11) is 0. The molecule has 0 radical (unpaired) electrons. The number of unbranched alkanes of at least 4 members (excludes halogenated alkanes) is 7. The van der Waals surface area contributed by atoms with Gasteiger partial charge in [-0.25, -0.2) is 0 Å². The highest BCUT2D eigenvalue weighted by molar-refractivity contribution is 6.02. The zero-order valence-electron chi connectivity index (χ0n) is 18.5. The maximum atomic E-state index is 12.9. The highest BCUT2D eigenvalue weighted by Crippen LogP contribution is 2.16. The molecule has 1 unspecified atom stereocenters. The van der Waals surface area contributed by atoms with Gasteiger partial charge >= 0.3 is 0 Å². The molecule has 3 N–H and O–H groups in total. The highest BCUT2D eigenvalue weighted by Gasteiger charge is 2.31. The monoisotopic (exact) mass is 429 g/mol. The van der Waals surface area contributed by atoms with Gasteiger partial charge in [0.15, 0.2) is 0 Å². The summed E-state index contributed by atoms with van der Waals surface area (Å²) in [4.78, 5) is 48.7. The molecule has 1 saturated heterocycles. The number of carbonyl (C=O) groups excluding carboxylic acids is 4. The quantitative estimate of drug-likeness (QED) is 0.330. The molecule has 1 aliphatic rings. The van der Waals surface area contributed by atoms with Crippen molar-refractivity contribution in [2.45, 2.75) is 89.6 Å². The van der Waals surface area contributed by atoms with Gasteiger partial charge in [-0.2, -0.15) is 0 Å². The van der Waals surface area contributed by atoms with Gasteiger partial charge in [0.1, 0.15) is 12.1 Å². The third kappa shape index (κ3) is 8.90. The Balaban J connectivity index is 1.84. The molecule has 31 heavy (non-hydrogen) atoms. The summed E-state index contributed by atoms with van der Waals surface area (Å²) in [5, 5.41) is 7.72. The average Bonchev–Trinajstić information content (AvgIpc) is 2.76. The third-order valence-electron chi connectivity index (χ3n) is 5.51. The molecular formula is C24H35N3O4. The van der Waals surface area contributed by atoms with Crippen LogP contribution in [0.2, 0.25) is 0 Å². The van der Waals surface area contributed by atoms with Crippen LogP contribution in [0.1, 0.15) is 89.2 Å². The van der Waals surface area contributed by atoms with E-state index in [1.165, 1.54) is 32.1 Å².